The number of hydrogen-bond acceptors (Lipinski definition) is 5. The molecule has 2 aliphatic heterocycles. The van der Waals surface area contributed by atoms with Gasteiger partial charge in [-0.3, -0.25) is 9.59 Å². The maximum absolute atomic E-state index is 12.9. The maximum Gasteiger partial charge on any atom is 0.281 e. The van der Waals surface area contributed by atoms with E-state index >= 15 is 0 Å². The molecule has 1 spiro atoms. The summed E-state index contributed by atoms with van der Waals surface area (Å²) in [5.41, 5.74) is 0.321. The van der Waals surface area contributed by atoms with Gasteiger partial charge in [-0.05, 0) is 52.3 Å². The smallest absolute Gasteiger partial charge is 0.281 e. The van der Waals surface area contributed by atoms with Gasteiger partial charge in [-0.2, -0.15) is 0 Å². The molecular formula is C17H11BrClN3O3. The van der Waals surface area contributed by atoms with Gasteiger partial charge in [0.2, 0.25) is 11.5 Å². The molecule has 0 radical (unpaired) electrons. The monoisotopic (exact) mass is 419 g/mol. The molecular weight excluding hydrogens is 410 g/mol. The number of anilines is 1. The lowest BCUT2D eigenvalue weighted by Gasteiger charge is -2.19. The second-order valence-corrected chi connectivity index (χ2v) is 7.08. The van der Waals surface area contributed by atoms with Gasteiger partial charge in [0, 0.05) is 11.4 Å². The predicted octanol–water partition coefficient (Wildman–Crippen LogP) is 3.32. The molecule has 6 nitrogen and oxygen atoms in total. The van der Waals surface area contributed by atoms with E-state index in [2.05, 4.69) is 26.1 Å². The van der Waals surface area contributed by atoms with Crippen LogP contribution in [0, 0.1) is 0 Å². The van der Waals surface area contributed by atoms with Crippen molar-refractivity contribution in [1.82, 2.24) is 4.98 Å². The molecule has 126 valence electrons. The third-order valence-electron chi connectivity index (χ3n) is 4.16. The first-order chi connectivity index (χ1) is 12.0. The van der Waals surface area contributed by atoms with Gasteiger partial charge in [0.15, 0.2) is 0 Å². The van der Waals surface area contributed by atoms with Crippen molar-refractivity contribution in [2.24, 2.45) is 5.16 Å². The number of imide groups is 1. The van der Waals surface area contributed by atoms with E-state index in [1.54, 1.807) is 36.4 Å². The Hall–Kier alpha value is -2.25. The number of nitrogens with zero attached hydrogens (tertiary/aromatic N) is 3. The number of carbonyl (C=O) groups excluding carboxylic acids is 2. The molecule has 1 fully saturated rings. The van der Waals surface area contributed by atoms with Gasteiger partial charge in [-0.1, -0.05) is 22.8 Å². The highest BCUT2D eigenvalue weighted by atomic mass is 79.9. The van der Waals surface area contributed by atoms with Crippen molar-refractivity contribution in [2.75, 3.05) is 4.90 Å². The molecule has 2 aliphatic rings. The van der Waals surface area contributed by atoms with E-state index in [4.69, 9.17) is 16.4 Å². The normalized spacial score (nSPS) is 22.5. The fourth-order valence-electron chi connectivity index (χ4n) is 2.96. The minimum absolute atomic E-state index is 0.0601. The van der Waals surface area contributed by atoms with Crippen LogP contribution in [0.3, 0.4) is 0 Å². The highest BCUT2D eigenvalue weighted by molar-refractivity contribution is 9.10. The summed E-state index contributed by atoms with van der Waals surface area (Å²) in [4.78, 5) is 36.3. The number of pyridine rings is 1. The lowest BCUT2D eigenvalue weighted by Crippen LogP contribution is -2.40. The average Bonchev–Trinajstić information content (AvgIpc) is 3.11. The van der Waals surface area contributed by atoms with E-state index in [0.717, 1.165) is 4.90 Å². The summed E-state index contributed by atoms with van der Waals surface area (Å²) in [6.07, 6.45) is 0.139. The van der Waals surface area contributed by atoms with Crippen LogP contribution >= 0.6 is 27.5 Å². The standard InChI is InChI=1S/C17H11BrClN3O3/c18-14-3-1-2-12(20-14)13-8-17(25-21-13)9-15(23)22(16(17)24)11-6-4-10(19)5-7-11/h1-7H,8-9H2. The van der Waals surface area contributed by atoms with Gasteiger partial charge in [0.05, 0.1) is 17.8 Å². The van der Waals surface area contributed by atoms with Crippen molar-refractivity contribution >= 4 is 50.7 Å². The average molecular weight is 421 g/mol. The Labute approximate surface area is 156 Å². The first-order valence-electron chi connectivity index (χ1n) is 7.49. The van der Waals surface area contributed by atoms with E-state index < -0.39 is 11.5 Å². The van der Waals surface area contributed by atoms with Gasteiger partial charge < -0.3 is 4.84 Å². The van der Waals surface area contributed by atoms with Crippen LogP contribution in [0.15, 0.2) is 52.2 Å². The fourth-order valence-corrected chi connectivity index (χ4v) is 3.43. The molecule has 25 heavy (non-hydrogen) atoms. The number of halogens is 2. The fraction of sp³-hybridized carbons (Fsp3) is 0.176. The summed E-state index contributed by atoms with van der Waals surface area (Å²) in [5.74, 6) is -0.750. The summed E-state index contributed by atoms with van der Waals surface area (Å²) < 4.78 is 0.658. The molecule has 1 aromatic heterocycles. The quantitative estimate of drug-likeness (QED) is 0.552. The Kier molecular flexibility index (Phi) is 3.85. The zero-order valence-corrected chi connectivity index (χ0v) is 15.1. The molecule has 1 atom stereocenters. The number of hydrogen-bond donors (Lipinski definition) is 0. The molecule has 8 heteroatoms. The van der Waals surface area contributed by atoms with Gasteiger partial charge in [0.1, 0.15) is 10.3 Å². The van der Waals surface area contributed by atoms with Crippen LogP contribution in [0.2, 0.25) is 5.02 Å². The Morgan fingerprint density at radius 1 is 1.12 bits per heavy atom. The highest BCUT2D eigenvalue weighted by Gasteiger charge is 2.58. The van der Waals surface area contributed by atoms with Crippen LogP contribution in [-0.4, -0.2) is 28.1 Å². The summed E-state index contributed by atoms with van der Waals surface area (Å²) in [5, 5.41) is 4.55. The van der Waals surface area contributed by atoms with Crippen LogP contribution in [0.25, 0.3) is 0 Å². The van der Waals surface area contributed by atoms with Crippen molar-refractivity contribution < 1.29 is 14.4 Å². The van der Waals surface area contributed by atoms with E-state index in [1.807, 2.05) is 6.07 Å². The Morgan fingerprint density at radius 3 is 2.60 bits per heavy atom. The molecule has 1 saturated heterocycles. The molecule has 0 aliphatic carbocycles. The minimum Gasteiger partial charge on any atom is -0.378 e. The zero-order valence-electron chi connectivity index (χ0n) is 12.8. The van der Waals surface area contributed by atoms with E-state index in [1.165, 1.54) is 0 Å². The topological polar surface area (TPSA) is 71.9 Å². The van der Waals surface area contributed by atoms with Crippen LogP contribution < -0.4 is 4.90 Å². The molecule has 0 saturated carbocycles. The molecule has 1 unspecified atom stereocenters. The van der Waals surface area contributed by atoms with Crippen molar-refractivity contribution in [1.29, 1.82) is 0 Å². The highest BCUT2D eigenvalue weighted by Crippen LogP contribution is 2.39. The molecule has 3 heterocycles. The van der Waals surface area contributed by atoms with Crippen molar-refractivity contribution in [3.8, 4) is 0 Å². The predicted molar refractivity (Wildman–Crippen MR) is 95.5 cm³/mol. The van der Waals surface area contributed by atoms with Crippen molar-refractivity contribution in [3.63, 3.8) is 0 Å². The van der Waals surface area contributed by atoms with Crippen LogP contribution in [0.4, 0.5) is 5.69 Å². The summed E-state index contributed by atoms with van der Waals surface area (Å²) >= 11 is 9.17. The lowest BCUT2D eigenvalue weighted by atomic mass is 9.94. The van der Waals surface area contributed by atoms with Crippen LogP contribution in [-0.2, 0) is 14.4 Å². The molecule has 0 N–H and O–H groups in total. The van der Waals surface area contributed by atoms with Crippen LogP contribution in [0.5, 0.6) is 0 Å². The van der Waals surface area contributed by atoms with Gasteiger partial charge >= 0.3 is 0 Å². The summed E-state index contributed by atoms with van der Waals surface area (Å²) in [7, 11) is 0. The second kappa shape index (κ2) is 5.93. The number of carbonyl (C=O) groups is 2. The maximum atomic E-state index is 12.9. The Bertz CT molecular complexity index is 916. The van der Waals surface area contributed by atoms with E-state index in [0.29, 0.717) is 26.7 Å². The largest absolute Gasteiger partial charge is 0.378 e. The lowest BCUT2D eigenvalue weighted by molar-refractivity contribution is -0.136. The minimum atomic E-state index is -1.30. The molecule has 1 aromatic carbocycles. The molecule has 0 bridgehead atoms. The first kappa shape index (κ1) is 16.2. The third-order valence-corrected chi connectivity index (χ3v) is 4.85. The van der Waals surface area contributed by atoms with Crippen LogP contribution in [0.1, 0.15) is 18.5 Å². The number of oxime groups is 1. The SMILES string of the molecule is O=C1CC2(CC(c3cccc(Br)n3)=NO2)C(=O)N1c1ccc(Cl)cc1. The molecule has 4 rings (SSSR count). The summed E-state index contributed by atoms with van der Waals surface area (Å²) in [6, 6.07) is 11.9. The van der Waals surface area contributed by atoms with E-state index in [-0.39, 0.29) is 18.7 Å². The first-order valence-corrected chi connectivity index (χ1v) is 8.67. The van der Waals surface area contributed by atoms with Crippen molar-refractivity contribution in [3.05, 3.63) is 57.8 Å². The van der Waals surface area contributed by atoms with Gasteiger partial charge in [-0.25, -0.2) is 9.88 Å². The second-order valence-electron chi connectivity index (χ2n) is 5.83. The molecule has 2 aromatic rings. The number of benzene rings is 1. The summed E-state index contributed by atoms with van der Waals surface area (Å²) in [6.45, 7) is 0. The van der Waals surface area contributed by atoms with E-state index in [9.17, 15) is 9.59 Å². The Morgan fingerprint density at radius 2 is 1.88 bits per heavy atom. The number of rotatable bonds is 2. The Balaban J connectivity index is 1.61. The third kappa shape index (κ3) is 2.73. The zero-order chi connectivity index (χ0) is 17.6. The van der Waals surface area contributed by atoms with Crippen molar-refractivity contribution in [2.45, 2.75) is 18.4 Å². The number of amides is 2. The molecule has 2 amide bonds. The number of aromatic nitrogens is 1. The van der Waals surface area contributed by atoms with Gasteiger partial charge in [-0.15, -0.1) is 0 Å². The van der Waals surface area contributed by atoms with Gasteiger partial charge in [0.25, 0.3) is 5.91 Å².